The van der Waals surface area contributed by atoms with Crippen LogP contribution in [0.25, 0.3) is 0 Å². The maximum absolute atomic E-state index is 5.91. The molecule has 1 atom stereocenters. The average molecular weight is 276 g/mol. The lowest BCUT2D eigenvalue weighted by Crippen LogP contribution is -2.34. The Morgan fingerprint density at radius 2 is 1.75 bits per heavy atom. The molecule has 2 N–H and O–H groups in total. The van der Waals surface area contributed by atoms with Crippen LogP contribution in [-0.4, -0.2) is 40.6 Å². The maximum atomic E-state index is 5.91. The summed E-state index contributed by atoms with van der Waals surface area (Å²) in [5.74, 6) is 1.87. The molecule has 2 aliphatic heterocycles. The summed E-state index contributed by atoms with van der Waals surface area (Å²) in [6.45, 7) is 5.31. The van der Waals surface area contributed by atoms with Crippen LogP contribution in [0.3, 0.4) is 0 Å². The lowest BCUT2D eigenvalue weighted by molar-refractivity contribution is 0.566. The van der Waals surface area contributed by atoms with Gasteiger partial charge in [0.15, 0.2) is 0 Å². The summed E-state index contributed by atoms with van der Waals surface area (Å²) in [4.78, 5) is 17.9. The first kappa shape index (κ1) is 13.4. The highest BCUT2D eigenvalue weighted by Crippen LogP contribution is 2.26. The molecule has 0 bridgehead atoms. The Morgan fingerprint density at radius 3 is 2.50 bits per heavy atom. The van der Waals surface area contributed by atoms with Crippen LogP contribution in [0.15, 0.2) is 0 Å². The molecule has 0 radical (unpaired) electrons. The van der Waals surface area contributed by atoms with Crippen LogP contribution < -0.4 is 15.5 Å². The quantitative estimate of drug-likeness (QED) is 0.908. The van der Waals surface area contributed by atoms with Gasteiger partial charge < -0.3 is 15.5 Å². The molecule has 2 fully saturated rings. The van der Waals surface area contributed by atoms with Crippen molar-refractivity contribution in [2.75, 3.05) is 35.2 Å². The Kier molecular flexibility index (Phi) is 3.89. The van der Waals surface area contributed by atoms with Gasteiger partial charge in [-0.25, -0.2) is 0 Å². The molecule has 1 aromatic rings. The Morgan fingerprint density at radius 1 is 1.00 bits per heavy atom. The number of rotatable bonds is 3. The van der Waals surface area contributed by atoms with Crippen LogP contribution in [-0.2, 0) is 0 Å². The fourth-order valence-electron chi connectivity index (χ4n) is 3.26. The standard InChI is InChI=1S/C14H24N6/c1-2-11-7-6-10-20(11)14-17-12(15)16-13(18-14)19-8-4-3-5-9-19/h11H,2-10H2,1H3,(H2,15,16,17,18). The van der Waals surface area contributed by atoms with Gasteiger partial charge in [0, 0.05) is 25.7 Å². The molecule has 6 heteroatoms. The van der Waals surface area contributed by atoms with Gasteiger partial charge in [0.25, 0.3) is 0 Å². The van der Waals surface area contributed by atoms with Gasteiger partial charge >= 0.3 is 0 Å². The van der Waals surface area contributed by atoms with E-state index in [1.807, 2.05) is 0 Å². The summed E-state index contributed by atoms with van der Waals surface area (Å²) >= 11 is 0. The van der Waals surface area contributed by atoms with E-state index in [1.54, 1.807) is 0 Å². The van der Waals surface area contributed by atoms with Gasteiger partial charge in [-0.05, 0) is 38.5 Å². The number of hydrogen-bond donors (Lipinski definition) is 1. The minimum absolute atomic E-state index is 0.345. The predicted molar refractivity (Wildman–Crippen MR) is 81.0 cm³/mol. The first-order chi connectivity index (χ1) is 9.78. The van der Waals surface area contributed by atoms with E-state index in [2.05, 4.69) is 31.7 Å². The van der Waals surface area contributed by atoms with E-state index in [-0.39, 0.29) is 0 Å². The number of anilines is 3. The number of piperidine rings is 1. The van der Waals surface area contributed by atoms with Crippen LogP contribution in [0.5, 0.6) is 0 Å². The van der Waals surface area contributed by atoms with Crippen molar-refractivity contribution in [3.05, 3.63) is 0 Å². The fraction of sp³-hybridized carbons (Fsp3) is 0.786. The van der Waals surface area contributed by atoms with Gasteiger partial charge in [-0.3, -0.25) is 0 Å². The van der Waals surface area contributed by atoms with Crippen molar-refractivity contribution < 1.29 is 0 Å². The minimum Gasteiger partial charge on any atom is -0.368 e. The van der Waals surface area contributed by atoms with E-state index in [4.69, 9.17) is 5.73 Å². The van der Waals surface area contributed by atoms with Crippen molar-refractivity contribution in [2.45, 2.75) is 51.5 Å². The highest BCUT2D eigenvalue weighted by atomic mass is 15.4. The van der Waals surface area contributed by atoms with Gasteiger partial charge in [0.05, 0.1) is 0 Å². The zero-order valence-corrected chi connectivity index (χ0v) is 12.3. The zero-order chi connectivity index (χ0) is 13.9. The molecule has 2 saturated heterocycles. The van der Waals surface area contributed by atoms with Crippen LogP contribution in [0, 0.1) is 0 Å². The lowest BCUT2D eigenvalue weighted by atomic mass is 10.1. The second kappa shape index (κ2) is 5.81. The molecule has 20 heavy (non-hydrogen) atoms. The Bertz CT molecular complexity index is 457. The summed E-state index contributed by atoms with van der Waals surface area (Å²) in [5.41, 5.74) is 5.91. The van der Waals surface area contributed by atoms with Crippen molar-refractivity contribution in [1.29, 1.82) is 0 Å². The van der Waals surface area contributed by atoms with Crippen LogP contribution in [0.2, 0.25) is 0 Å². The van der Waals surface area contributed by atoms with Gasteiger partial charge in [0.1, 0.15) is 0 Å². The van der Waals surface area contributed by atoms with Crippen molar-refractivity contribution in [1.82, 2.24) is 15.0 Å². The van der Waals surface area contributed by atoms with Crippen LogP contribution in [0.4, 0.5) is 17.8 Å². The second-order valence-corrected chi connectivity index (χ2v) is 5.74. The molecule has 1 aromatic heterocycles. The number of aromatic nitrogens is 3. The third-order valence-electron chi connectivity index (χ3n) is 4.37. The molecule has 0 amide bonds. The number of nitrogen functional groups attached to an aromatic ring is 1. The first-order valence-electron chi connectivity index (χ1n) is 7.81. The zero-order valence-electron chi connectivity index (χ0n) is 12.3. The van der Waals surface area contributed by atoms with E-state index < -0.39 is 0 Å². The third-order valence-corrected chi connectivity index (χ3v) is 4.37. The lowest BCUT2D eigenvalue weighted by Gasteiger charge is -2.28. The van der Waals surface area contributed by atoms with E-state index in [1.165, 1.54) is 32.1 Å². The largest absolute Gasteiger partial charge is 0.368 e. The van der Waals surface area contributed by atoms with E-state index in [0.29, 0.717) is 12.0 Å². The number of nitrogens with two attached hydrogens (primary N) is 1. The summed E-state index contributed by atoms with van der Waals surface area (Å²) in [6.07, 6.45) is 7.29. The fourth-order valence-corrected chi connectivity index (χ4v) is 3.26. The number of hydrogen-bond acceptors (Lipinski definition) is 6. The monoisotopic (exact) mass is 276 g/mol. The summed E-state index contributed by atoms with van der Waals surface area (Å²) in [5, 5.41) is 0. The van der Waals surface area contributed by atoms with Gasteiger partial charge in [-0.15, -0.1) is 0 Å². The maximum Gasteiger partial charge on any atom is 0.232 e. The Labute approximate surface area is 120 Å². The minimum atomic E-state index is 0.345. The Balaban J connectivity index is 1.86. The smallest absolute Gasteiger partial charge is 0.232 e. The first-order valence-corrected chi connectivity index (χ1v) is 7.81. The summed E-state index contributed by atoms with van der Waals surface area (Å²) in [7, 11) is 0. The Hall–Kier alpha value is -1.59. The molecule has 0 spiro atoms. The third kappa shape index (κ3) is 2.64. The van der Waals surface area contributed by atoms with Crippen molar-refractivity contribution >= 4 is 17.8 Å². The molecule has 6 nitrogen and oxygen atoms in total. The van der Waals surface area contributed by atoms with Crippen LogP contribution >= 0.6 is 0 Å². The molecule has 0 aromatic carbocycles. The van der Waals surface area contributed by atoms with E-state index in [9.17, 15) is 0 Å². The SMILES string of the molecule is CCC1CCCN1c1nc(N)nc(N2CCCCC2)n1. The topological polar surface area (TPSA) is 71.2 Å². The van der Waals surface area contributed by atoms with Crippen LogP contribution in [0.1, 0.15) is 45.4 Å². The molecule has 2 aliphatic rings. The van der Waals surface area contributed by atoms with E-state index >= 15 is 0 Å². The normalized spacial score (nSPS) is 23.4. The molecular formula is C14H24N6. The number of nitrogens with zero attached hydrogens (tertiary/aromatic N) is 5. The van der Waals surface area contributed by atoms with E-state index in [0.717, 1.165) is 38.0 Å². The van der Waals surface area contributed by atoms with Gasteiger partial charge in [-0.2, -0.15) is 15.0 Å². The summed E-state index contributed by atoms with van der Waals surface area (Å²) in [6, 6.07) is 0.547. The molecule has 0 saturated carbocycles. The highest BCUT2D eigenvalue weighted by Gasteiger charge is 2.26. The molecule has 3 heterocycles. The molecule has 3 rings (SSSR count). The second-order valence-electron chi connectivity index (χ2n) is 5.74. The summed E-state index contributed by atoms with van der Waals surface area (Å²) < 4.78 is 0. The van der Waals surface area contributed by atoms with Gasteiger partial charge in [-0.1, -0.05) is 6.92 Å². The average Bonchev–Trinajstić information content (AvgIpc) is 2.96. The van der Waals surface area contributed by atoms with Crippen molar-refractivity contribution in [3.63, 3.8) is 0 Å². The van der Waals surface area contributed by atoms with Gasteiger partial charge in [0.2, 0.25) is 17.8 Å². The highest BCUT2D eigenvalue weighted by molar-refractivity contribution is 5.45. The molecule has 1 unspecified atom stereocenters. The molecule has 0 aliphatic carbocycles. The van der Waals surface area contributed by atoms with Crippen molar-refractivity contribution in [3.8, 4) is 0 Å². The van der Waals surface area contributed by atoms with Crippen molar-refractivity contribution in [2.24, 2.45) is 0 Å². The predicted octanol–water partition coefficient (Wildman–Crippen LogP) is 1.82. The molecular weight excluding hydrogens is 252 g/mol. The molecule has 110 valence electrons.